The lowest BCUT2D eigenvalue weighted by Crippen LogP contribution is -2.35. The fourth-order valence-electron chi connectivity index (χ4n) is 3.83. The quantitative estimate of drug-likeness (QED) is 0.670. The van der Waals surface area contributed by atoms with Gasteiger partial charge in [-0.2, -0.15) is 0 Å². The number of aromatic nitrogens is 1. The molecule has 1 aromatic heterocycles. The molecule has 0 aliphatic heterocycles. The van der Waals surface area contributed by atoms with Crippen LogP contribution in [0.25, 0.3) is 5.69 Å². The lowest BCUT2D eigenvalue weighted by atomic mass is 10.1. The zero-order valence-electron chi connectivity index (χ0n) is 18.5. The Balaban J connectivity index is 1.78. The number of nitrogens with zero attached hydrogens (tertiary/aromatic N) is 2. The second-order valence-corrected chi connectivity index (χ2v) is 7.94. The van der Waals surface area contributed by atoms with E-state index >= 15 is 0 Å². The van der Waals surface area contributed by atoms with E-state index < -0.39 is 0 Å². The fraction of sp³-hybridized carbons (Fsp3) is 0.280. The molecule has 5 nitrogen and oxygen atoms in total. The molecule has 156 valence electrons. The van der Waals surface area contributed by atoms with E-state index in [1.54, 1.807) is 7.05 Å². The van der Waals surface area contributed by atoms with Gasteiger partial charge in [-0.15, -0.1) is 0 Å². The molecule has 3 aromatic rings. The molecule has 0 fully saturated rings. The van der Waals surface area contributed by atoms with Crippen molar-refractivity contribution in [3.05, 3.63) is 82.2 Å². The normalized spacial score (nSPS) is 10.7. The van der Waals surface area contributed by atoms with Crippen molar-refractivity contribution in [1.29, 1.82) is 0 Å². The van der Waals surface area contributed by atoms with Gasteiger partial charge < -0.3 is 14.8 Å². The van der Waals surface area contributed by atoms with Gasteiger partial charge in [-0.3, -0.25) is 9.59 Å². The first-order chi connectivity index (χ1) is 14.2. The number of hydrogen-bond donors (Lipinski definition) is 1. The van der Waals surface area contributed by atoms with Crippen molar-refractivity contribution >= 4 is 17.5 Å². The molecule has 1 N–H and O–H groups in total. The summed E-state index contributed by atoms with van der Waals surface area (Å²) in [7, 11) is 1.66. The van der Waals surface area contributed by atoms with E-state index in [4.69, 9.17) is 0 Å². The highest BCUT2D eigenvalue weighted by Gasteiger charge is 2.21. The first-order valence-corrected chi connectivity index (χ1v) is 10.1. The number of amides is 2. The SMILES string of the molecule is Cc1cccc(-n2c(C)cc(C(=O)N(C)CC(=O)Nc3c(C)cccc3C)c2C)c1. The number of anilines is 1. The molecule has 0 aliphatic carbocycles. The molecule has 0 atom stereocenters. The summed E-state index contributed by atoms with van der Waals surface area (Å²) in [6.07, 6.45) is 0. The molecule has 0 unspecified atom stereocenters. The van der Waals surface area contributed by atoms with Crippen LogP contribution in [0.5, 0.6) is 0 Å². The van der Waals surface area contributed by atoms with Crippen LogP contribution < -0.4 is 5.32 Å². The van der Waals surface area contributed by atoms with E-state index in [1.165, 1.54) is 4.90 Å². The minimum Gasteiger partial charge on any atom is -0.332 e. The second-order valence-electron chi connectivity index (χ2n) is 7.94. The summed E-state index contributed by atoms with van der Waals surface area (Å²) in [5, 5.41) is 2.94. The molecule has 1 heterocycles. The molecule has 0 saturated heterocycles. The molecule has 2 aromatic carbocycles. The van der Waals surface area contributed by atoms with Crippen LogP contribution in [0, 0.1) is 34.6 Å². The highest BCUT2D eigenvalue weighted by molar-refractivity contribution is 6.00. The number of para-hydroxylation sites is 1. The van der Waals surface area contributed by atoms with Gasteiger partial charge in [0.1, 0.15) is 0 Å². The van der Waals surface area contributed by atoms with Crippen molar-refractivity contribution in [2.24, 2.45) is 0 Å². The summed E-state index contributed by atoms with van der Waals surface area (Å²) in [6.45, 7) is 9.87. The monoisotopic (exact) mass is 403 g/mol. The molecular weight excluding hydrogens is 374 g/mol. The Labute approximate surface area is 178 Å². The first-order valence-electron chi connectivity index (χ1n) is 10.1. The number of rotatable bonds is 5. The van der Waals surface area contributed by atoms with Gasteiger partial charge in [0, 0.05) is 29.8 Å². The lowest BCUT2D eigenvalue weighted by molar-refractivity contribution is -0.116. The molecule has 5 heteroatoms. The zero-order chi connectivity index (χ0) is 22.0. The van der Waals surface area contributed by atoms with Crippen LogP contribution in [0.4, 0.5) is 5.69 Å². The van der Waals surface area contributed by atoms with E-state index in [9.17, 15) is 9.59 Å². The van der Waals surface area contributed by atoms with Crippen molar-refractivity contribution < 1.29 is 9.59 Å². The number of benzene rings is 2. The summed E-state index contributed by atoms with van der Waals surface area (Å²) in [4.78, 5) is 27.1. The maximum Gasteiger partial charge on any atom is 0.255 e. The second kappa shape index (κ2) is 8.57. The number of aryl methyl sites for hydroxylation is 4. The van der Waals surface area contributed by atoms with Crippen molar-refractivity contribution in [1.82, 2.24) is 9.47 Å². The van der Waals surface area contributed by atoms with Crippen molar-refractivity contribution in [2.75, 3.05) is 18.9 Å². The number of carbonyl (C=O) groups is 2. The van der Waals surface area contributed by atoms with Crippen molar-refractivity contribution in [3.8, 4) is 5.69 Å². The van der Waals surface area contributed by atoms with Crippen LogP contribution in [0.1, 0.15) is 38.4 Å². The average molecular weight is 404 g/mol. The Morgan fingerprint density at radius 2 is 1.57 bits per heavy atom. The molecule has 0 saturated carbocycles. The third-order valence-corrected chi connectivity index (χ3v) is 5.39. The largest absolute Gasteiger partial charge is 0.332 e. The smallest absolute Gasteiger partial charge is 0.255 e. The highest BCUT2D eigenvalue weighted by atomic mass is 16.2. The Kier molecular flexibility index (Phi) is 6.11. The molecule has 2 amide bonds. The molecule has 30 heavy (non-hydrogen) atoms. The number of likely N-dealkylation sites (N-methyl/N-ethyl adjacent to an activating group) is 1. The Bertz CT molecular complexity index is 1090. The average Bonchev–Trinajstić information content (AvgIpc) is 2.98. The van der Waals surface area contributed by atoms with Crippen LogP contribution >= 0.6 is 0 Å². The molecule has 0 spiro atoms. The van der Waals surface area contributed by atoms with Crippen molar-refractivity contribution in [2.45, 2.75) is 34.6 Å². The molecule has 0 radical (unpaired) electrons. The minimum atomic E-state index is -0.212. The summed E-state index contributed by atoms with van der Waals surface area (Å²) in [5.74, 6) is -0.380. The van der Waals surface area contributed by atoms with Crippen LogP contribution in [0.15, 0.2) is 48.5 Å². The van der Waals surface area contributed by atoms with Gasteiger partial charge in [0.05, 0.1) is 12.1 Å². The highest BCUT2D eigenvalue weighted by Crippen LogP contribution is 2.23. The molecule has 0 aliphatic rings. The van der Waals surface area contributed by atoms with E-state index in [-0.39, 0.29) is 18.4 Å². The molecule has 0 bridgehead atoms. The van der Waals surface area contributed by atoms with E-state index in [0.29, 0.717) is 5.56 Å². The first kappa shape index (κ1) is 21.4. The molecular formula is C25H29N3O2. The van der Waals surface area contributed by atoms with E-state index in [1.807, 2.05) is 77.1 Å². The maximum atomic E-state index is 13.1. The topological polar surface area (TPSA) is 54.3 Å². The fourth-order valence-corrected chi connectivity index (χ4v) is 3.83. The lowest BCUT2D eigenvalue weighted by Gasteiger charge is -2.18. The minimum absolute atomic E-state index is 0.0132. The Hall–Kier alpha value is -3.34. The van der Waals surface area contributed by atoms with Gasteiger partial charge in [-0.1, -0.05) is 30.3 Å². The number of carbonyl (C=O) groups excluding carboxylic acids is 2. The van der Waals surface area contributed by atoms with Crippen molar-refractivity contribution in [3.63, 3.8) is 0 Å². The van der Waals surface area contributed by atoms with Crippen LogP contribution in [0.3, 0.4) is 0 Å². The predicted molar refractivity (Wildman–Crippen MR) is 121 cm³/mol. The predicted octanol–water partition coefficient (Wildman–Crippen LogP) is 4.73. The van der Waals surface area contributed by atoms with Crippen LogP contribution in [-0.4, -0.2) is 34.9 Å². The van der Waals surface area contributed by atoms with Gasteiger partial charge >= 0.3 is 0 Å². The molecule has 3 rings (SSSR count). The number of nitrogens with one attached hydrogen (secondary N) is 1. The Morgan fingerprint density at radius 1 is 0.933 bits per heavy atom. The van der Waals surface area contributed by atoms with Crippen LogP contribution in [-0.2, 0) is 4.79 Å². The van der Waals surface area contributed by atoms with Gasteiger partial charge in [0.25, 0.3) is 5.91 Å². The summed E-state index contributed by atoms with van der Waals surface area (Å²) >= 11 is 0. The van der Waals surface area contributed by atoms with Crippen LogP contribution in [0.2, 0.25) is 0 Å². The standard InChI is InChI=1S/C25H29N3O2/c1-16-9-7-12-21(13-16)28-19(4)14-22(20(28)5)25(30)27(6)15-23(29)26-24-17(2)10-8-11-18(24)3/h7-14H,15H2,1-6H3,(H,26,29). The van der Waals surface area contributed by atoms with Gasteiger partial charge in [-0.25, -0.2) is 0 Å². The van der Waals surface area contributed by atoms with Gasteiger partial charge in [0.15, 0.2) is 0 Å². The third-order valence-electron chi connectivity index (χ3n) is 5.39. The summed E-state index contributed by atoms with van der Waals surface area (Å²) < 4.78 is 2.07. The van der Waals surface area contributed by atoms with E-state index in [2.05, 4.69) is 16.0 Å². The third kappa shape index (κ3) is 4.30. The van der Waals surface area contributed by atoms with E-state index in [0.717, 1.165) is 39.5 Å². The van der Waals surface area contributed by atoms with Gasteiger partial charge in [0.2, 0.25) is 5.91 Å². The number of hydrogen-bond acceptors (Lipinski definition) is 2. The van der Waals surface area contributed by atoms with Gasteiger partial charge in [-0.05, 0) is 69.5 Å². The Morgan fingerprint density at radius 3 is 2.20 bits per heavy atom. The summed E-state index contributed by atoms with van der Waals surface area (Å²) in [6, 6.07) is 15.9. The summed E-state index contributed by atoms with van der Waals surface area (Å²) in [5.41, 5.74) is 7.45. The zero-order valence-corrected chi connectivity index (χ0v) is 18.5. The maximum absolute atomic E-state index is 13.1.